The molecule has 0 unspecified atom stereocenters. The fourth-order valence-electron chi connectivity index (χ4n) is 0.904. The van der Waals surface area contributed by atoms with Gasteiger partial charge >= 0.3 is 6.03 Å². The van der Waals surface area contributed by atoms with Gasteiger partial charge in [0.2, 0.25) is 0 Å². The molecule has 0 heterocycles. The van der Waals surface area contributed by atoms with Crippen LogP contribution in [0.5, 0.6) is 0 Å². The molecule has 0 radical (unpaired) electrons. The predicted octanol–water partition coefficient (Wildman–Crippen LogP) is -0.259. The Labute approximate surface area is 77.8 Å². The monoisotopic (exact) mass is 187 g/mol. The van der Waals surface area contributed by atoms with Crippen LogP contribution < -0.4 is 16.8 Å². The number of unbranched alkanes of at least 4 members (excludes halogenated alkanes) is 1. The van der Waals surface area contributed by atoms with E-state index in [1.165, 1.54) is 6.92 Å². The highest BCUT2D eigenvalue weighted by atomic mass is 16.2. The number of hydrogen-bond donors (Lipinski definition) is 3. The average Bonchev–Trinajstić information content (AvgIpc) is 2.02. The lowest BCUT2D eigenvalue weighted by Crippen LogP contribution is -2.31. The van der Waals surface area contributed by atoms with Gasteiger partial charge in [-0.3, -0.25) is 4.79 Å². The van der Waals surface area contributed by atoms with Crippen molar-refractivity contribution < 1.29 is 9.59 Å². The van der Waals surface area contributed by atoms with Crippen molar-refractivity contribution in [1.29, 1.82) is 0 Å². The maximum Gasteiger partial charge on any atom is 0.312 e. The van der Waals surface area contributed by atoms with Crippen molar-refractivity contribution in [1.82, 2.24) is 5.32 Å². The minimum absolute atomic E-state index is 0.00265. The number of nitrogens with two attached hydrogens (primary N) is 2. The Balaban J connectivity index is 3.26. The van der Waals surface area contributed by atoms with E-state index in [1.807, 2.05) is 0 Å². The molecule has 0 aromatic rings. The maximum atomic E-state index is 10.7. The van der Waals surface area contributed by atoms with Gasteiger partial charge in [-0.25, -0.2) is 4.79 Å². The summed E-state index contributed by atoms with van der Waals surface area (Å²) in [5.41, 5.74) is 10.4. The second-order valence-electron chi connectivity index (χ2n) is 3.00. The van der Waals surface area contributed by atoms with E-state index >= 15 is 0 Å². The summed E-state index contributed by atoms with van der Waals surface area (Å²) < 4.78 is 0. The van der Waals surface area contributed by atoms with Gasteiger partial charge in [-0.15, -0.1) is 0 Å². The van der Waals surface area contributed by atoms with E-state index in [9.17, 15) is 9.59 Å². The summed E-state index contributed by atoms with van der Waals surface area (Å²) in [7, 11) is 0. The molecule has 76 valence electrons. The van der Waals surface area contributed by atoms with E-state index < -0.39 is 6.03 Å². The van der Waals surface area contributed by atoms with Crippen LogP contribution in [-0.4, -0.2) is 24.4 Å². The number of Topliss-reactive ketones (excluding diaryl/α,β-unsaturated/α-hetero) is 1. The predicted molar refractivity (Wildman–Crippen MR) is 50.1 cm³/mol. The molecule has 1 atom stereocenters. The van der Waals surface area contributed by atoms with Crippen molar-refractivity contribution >= 4 is 11.8 Å². The number of urea groups is 1. The number of nitrogens with one attached hydrogen (secondary N) is 1. The van der Waals surface area contributed by atoms with Crippen LogP contribution in [-0.2, 0) is 4.79 Å². The fraction of sp³-hybridized carbons (Fsp3) is 0.750. The van der Waals surface area contributed by atoms with Gasteiger partial charge in [-0.1, -0.05) is 0 Å². The molecule has 0 bridgehead atoms. The van der Waals surface area contributed by atoms with Crippen molar-refractivity contribution in [2.45, 2.75) is 32.2 Å². The molecule has 0 saturated carbocycles. The van der Waals surface area contributed by atoms with Crippen LogP contribution in [0.25, 0.3) is 0 Å². The molecule has 0 aliphatic carbocycles. The zero-order valence-corrected chi connectivity index (χ0v) is 7.88. The Kier molecular flexibility index (Phi) is 5.88. The molecule has 0 aliphatic rings. The summed E-state index contributed by atoms with van der Waals surface area (Å²) in [5.74, 6) is 0.00265. The zero-order chi connectivity index (χ0) is 10.3. The molecule has 0 rings (SSSR count). The van der Waals surface area contributed by atoms with Gasteiger partial charge in [0.1, 0.15) is 5.78 Å². The molecule has 13 heavy (non-hydrogen) atoms. The van der Waals surface area contributed by atoms with Gasteiger partial charge < -0.3 is 16.8 Å². The molecular weight excluding hydrogens is 170 g/mol. The van der Waals surface area contributed by atoms with E-state index in [-0.39, 0.29) is 11.8 Å². The van der Waals surface area contributed by atoms with Gasteiger partial charge in [0.05, 0.1) is 6.04 Å². The Morgan fingerprint density at radius 2 is 2.00 bits per heavy atom. The second-order valence-corrected chi connectivity index (χ2v) is 3.00. The number of amides is 2. The highest BCUT2D eigenvalue weighted by Crippen LogP contribution is 1.98. The summed E-state index contributed by atoms with van der Waals surface area (Å²) in [4.78, 5) is 20.9. The van der Waals surface area contributed by atoms with E-state index in [4.69, 9.17) is 11.5 Å². The Morgan fingerprint density at radius 3 is 2.46 bits per heavy atom. The molecule has 2 amide bonds. The van der Waals surface area contributed by atoms with Crippen molar-refractivity contribution in [3.8, 4) is 0 Å². The number of rotatable bonds is 6. The van der Waals surface area contributed by atoms with Crippen LogP contribution >= 0.6 is 0 Å². The number of carbonyl (C=O) groups excluding carboxylic acids is 2. The lowest BCUT2D eigenvalue weighted by atomic mass is 10.1. The van der Waals surface area contributed by atoms with Crippen LogP contribution in [0.1, 0.15) is 26.2 Å². The molecule has 0 aliphatic heterocycles. The molecular formula is C8H17N3O2. The summed E-state index contributed by atoms with van der Waals surface area (Å²) in [6.07, 6.45) is 2.28. The number of hydrogen-bond acceptors (Lipinski definition) is 3. The number of ketones is 1. The van der Waals surface area contributed by atoms with E-state index in [1.54, 1.807) is 0 Å². The SMILES string of the molecule is CC(=O)[C@H](N)CCCCNC(N)=O. The molecule has 0 aromatic carbocycles. The molecule has 0 aromatic heterocycles. The van der Waals surface area contributed by atoms with Crippen LogP contribution in [0.15, 0.2) is 0 Å². The number of primary amides is 1. The van der Waals surface area contributed by atoms with Gasteiger partial charge in [-0.2, -0.15) is 0 Å². The molecule has 5 nitrogen and oxygen atoms in total. The van der Waals surface area contributed by atoms with Crippen molar-refractivity contribution in [2.24, 2.45) is 11.5 Å². The van der Waals surface area contributed by atoms with Gasteiger partial charge in [-0.05, 0) is 26.2 Å². The molecule has 0 spiro atoms. The molecule has 5 N–H and O–H groups in total. The summed E-state index contributed by atoms with van der Waals surface area (Å²) >= 11 is 0. The van der Waals surface area contributed by atoms with E-state index in [2.05, 4.69) is 5.32 Å². The zero-order valence-electron chi connectivity index (χ0n) is 7.88. The van der Waals surface area contributed by atoms with Crippen molar-refractivity contribution in [2.75, 3.05) is 6.54 Å². The standard InChI is InChI=1S/C8H17N3O2/c1-6(12)7(9)4-2-3-5-11-8(10)13/h7H,2-5,9H2,1H3,(H3,10,11,13)/t7-/m1/s1. The smallest absolute Gasteiger partial charge is 0.312 e. The van der Waals surface area contributed by atoms with E-state index in [0.717, 1.165) is 12.8 Å². The summed E-state index contributed by atoms with van der Waals surface area (Å²) in [6, 6.07) is -0.885. The molecule has 5 heteroatoms. The Morgan fingerprint density at radius 1 is 1.38 bits per heavy atom. The Bertz CT molecular complexity index is 182. The van der Waals surface area contributed by atoms with E-state index in [0.29, 0.717) is 13.0 Å². The fourth-order valence-corrected chi connectivity index (χ4v) is 0.904. The lowest BCUT2D eigenvalue weighted by molar-refractivity contribution is -0.118. The average molecular weight is 187 g/mol. The highest BCUT2D eigenvalue weighted by molar-refractivity contribution is 5.81. The highest BCUT2D eigenvalue weighted by Gasteiger charge is 2.06. The van der Waals surface area contributed by atoms with Crippen molar-refractivity contribution in [3.05, 3.63) is 0 Å². The van der Waals surface area contributed by atoms with Crippen LogP contribution in [0.2, 0.25) is 0 Å². The first-order valence-electron chi connectivity index (χ1n) is 4.33. The third kappa shape index (κ3) is 7.27. The first kappa shape index (κ1) is 11.9. The van der Waals surface area contributed by atoms with Crippen LogP contribution in [0.3, 0.4) is 0 Å². The van der Waals surface area contributed by atoms with Crippen LogP contribution in [0.4, 0.5) is 4.79 Å². The topological polar surface area (TPSA) is 98.2 Å². The first-order valence-corrected chi connectivity index (χ1v) is 4.33. The summed E-state index contributed by atoms with van der Waals surface area (Å²) in [5, 5.41) is 2.46. The quantitative estimate of drug-likeness (QED) is 0.500. The maximum absolute atomic E-state index is 10.7. The minimum Gasteiger partial charge on any atom is -0.352 e. The van der Waals surface area contributed by atoms with Gasteiger partial charge in [0.25, 0.3) is 0 Å². The lowest BCUT2D eigenvalue weighted by Gasteiger charge is -2.06. The van der Waals surface area contributed by atoms with Crippen LogP contribution in [0, 0.1) is 0 Å². The largest absolute Gasteiger partial charge is 0.352 e. The normalized spacial score (nSPS) is 12.2. The summed E-state index contributed by atoms with van der Waals surface area (Å²) in [6.45, 7) is 2.02. The number of carbonyl (C=O) groups is 2. The third-order valence-corrected chi connectivity index (χ3v) is 1.76. The first-order chi connectivity index (χ1) is 6.04. The van der Waals surface area contributed by atoms with Crippen molar-refractivity contribution in [3.63, 3.8) is 0 Å². The van der Waals surface area contributed by atoms with Gasteiger partial charge in [0.15, 0.2) is 0 Å². The second kappa shape index (κ2) is 6.42. The molecule has 0 fully saturated rings. The Hall–Kier alpha value is -1.10. The molecule has 0 saturated heterocycles. The van der Waals surface area contributed by atoms with Gasteiger partial charge in [0, 0.05) is 6.54 Å². The third-order valence-electron chi connectivity index (χ3n) is 1.76. The minimum atomic E-state index is -0.518.